The predicted octanol–water partition coefficient (Wildman–Crippen LogP) is 4.84. The highest BCUT2D eigenvalue weighted by atomic mass is 16.7. The fourth-order valence-corrected chi connectivity index (χ4v) is 8.63. The molecule has 3 fully saturated rings. The van der Waals surface area contributed by atoms with Crippen molar-refractivity contribution in [2.75, 3.05) is 13.2 Å². The molecule has 0 spiro atoms. The first-order valence-electron chi connectivity index (χ1n) is 22.2. The number of carbonyl (C=O) groups excluding carboxylic acids is 1. The van der Waals surface area contributed by atoms with E-state index in [-0.39, 0.29) is 13.2 Å². The third kappa shape index (κ3) is 12.4. The lowest BCUT2D eigenvalue weighted by Crippen LogP contribution is -2.68. The summed E-state index contributed by atoms with van der Waals surface area (Å²) in [5.74, 6) is -0.919. The monoisotopic (exact) mass is 885 g/mol. The molecular weight excluding hydrogens is 823 g/mol. The van der Waals surface area contributed by atoms with Crippen molar-refractivity contribution in [3.8, 4) is 0 Å². The summed E-state index contributed by atoms with van der Waals surface area (Å²) < 4.78 is 60.1. The van der Waals surface area contributed by atoms with Gasteiger partial charge in [-0.25, -0.2) is 0 Å². The summed E-state index contributed by atoms with van der Waals surface area (Å²) >= 11 is 0. The Morgan fingerprint density at radius 3 is 1.52 bits per heavy atom. The molecule has 4 aromatic carbocycles. The number of ether oxygens (including phenoxy) is 9. The van der Waals surface area contributed by atoms with Gasteiger partial charge in [-0.15, -0.1) is 0 Å². The number of aliphatic hydroxyl groups excluding tert-OH is 3. The van der Waals surface area contributed by atoms with Gasteiger partial charge in [0.25, 0.3) is 0 Å². The number of carbonyl (C=O) groups is 1. The number of rotatable bonds is 19. The minimum Gasteiger partial charge on any atom is -0.394 e. The van der Waals surface area contributed by atoms with Crippen LogP contribution in [0.25, 0.3) is 0 Å². The fourth-order valence-electron chi connectivity index (χ4n) is 8.63. The molecule has 0 radical (unpaired) electrons. The molecule has 1 amide bonds. The van der Waals surface area contributed by atoms with Crippen molar-refractivity contribution in [1.82, 2.24) is 5.32 Å². The second-order valence-corrected chi connectivity index (χ2v) is 16.9. The van der Waals surface area contributed by atoms with Gasteiger partial charge in [0.2, 0.25) is 5.91 Å². The maximum Gasteiger partial charge on any atom is 0.217 e. The van der Waals surface area contributed by atoms with E-state index in [0.717, 1.165) is 22.3 Å². The van der Waals surface area contributed by atoms with Gasteiger partial charge in [0.15, 0.2) is 12.6 Å². The summed E-state index contributed by atoms with van der Waals surface area (Å²) in [6, 6.07) is 38.3. The van der Waals surface area contributed by atoms with Crippen LogP contribution in [0, 0.1) is 5.92 Å². The standard InChI is InChI=1S/C50H63NO13/c1-31-44(57-27-36-19-11-6-12-20-36)47(59-29-38-23-15-8-16-24-38)40(30-56-26-35-17-9-5-10-18-35)62-49(31)64-48-45(58-28-37-21-13-7-14-22-37)32(2)60-33(3)46(48)63-50-41(51-34(4)53)43(55)42(54)39(25-52)61-50/h5-24,31-33,39-50,52,54-55H,25-30H2,1-4H3,(H,51,53)/t31?,32?,33-,39?,40-,41?,42+,43+,44?,45-,46?,47+,48-,49+,50-/m0/s1. The second-order valence-electron chi connectivity index (χ2n) is 16.9. The van der Waals surface area contributed by atoms with Crippen LogP contribution in [0.1, 0.15) is 49.9 Å². The average molecular weight is 886 g/mol. The Kier molecular flexibility index (Phi) is 17.5. The molecule has 0 aromatic heterocycles. The number of aliphatic hydroxyl groups is 3. The predicted molar refractivity (Wildman–Crippen MR) is 234 cm³/mol. The van der Waals surface area contributed by atoms with Crippen LogP contribution in [0.5, 0.6) is 0 Å². The molecule has 3 heterocycles. The molecule has 15 atom stereocenters. The third-order valence-electron chi connectivity index (χ3n) is 12.0. The molecule has 14 nitrogen and oxygen atoms in total. The second kappa shape index (κ2) is 23.4. The van der Waals surface area contributed by atoms with Gasteiger partial charge < -0.3 is 63.3 Å². The van der Waals surface area contributed by atoms with Crippen molar-refractivity contribution >= 4 is 5.91 Å². The zero-order valence-corrected chi connectivity index (χ0v) is 36.9. The number of benzene rings is 4. The summed E-state index contributed by atoms with van der Waals surface area (Å²) in [5.41, 5.74) is 3.91. The van der Waals surface area contributed by atoms with Gasteiger partial charge in [0.05, 0.1) is 58.0 Å². The van der Waals surface area contributed by atoms with Crippen LogP contribution < -0.4 is 5.32 Å². The van der Waals surface area contributed by atoms with Crippen LogP contribution in [0.15, 0.2) is 121 Å². The summed E-state index contributed by atoms with van der Waals surface area (Å²) in [5, 5.41) is 34.8. The Balaban J connectivity index is 1.22. The first-order chi connectivity index (χ1) is 31.1. The molecule has 0 bridgehead atoms. The number of nitrogens with one attached hydrogen (secondary N) is 1. The van der Waals surface area contributed by atoms with Crippen molar-refractivity contribution in [1.29, 1.82) is 0 Å². The molecule has 346 valence electrons. The quantitative estimate of drug-likeness (QED) is 0.101. The molecule has 4 N–H and O–H groups in total. The minimum atomic E-state index is -1.53. The Morgan fingerprint density at radius 1 is 0.547 bits per heavy atom. The highest BCUT2D eigenvalue weighted by molar-refractivity contribution is 5.73. The summed E-state index contributed by atoms with van der Waals surface area (Å²) in [7, 11) is 0. The molecular formula is C50H63NO13. The Morgan fingerprint density at radius 2 is 1.00 bits per heavy atom. The van der Waals surface area contributed by atoms with Crippen LogP contribution in [0.4, 0.5) is 0 Å². The van der Waals surface area contributed by atoms with Gasteiger partial charge in [-0.1, -0.05) is 128 Å². The molecule has 14 heteroatoms. The lowest BCUT2D eigenvalue weighted by atomic mass is 9.90. The number of amides is 1. The molecule has 3 saturated heterocycles. The molecule has 3 aliphatic heterocycles. The average Bonchev–Trinajstić information content (AvgIpc) is 3.30. The van der Waals surface area contributed by atoms with E-state index in [1.54, 1.807) is 0 Å². The van der Waals surface area contributed by atoms with E-state index >= 15 is 0 Å². The highest BCUT2D eigenvalue weighted by Crippen LogP contribution is 2.38. The smallest absolute Gasteiger partial charge is 0.217 e. The Labute approximate surface area is 375 Å². The molecule has 6 unspecified atom stereocenters. The van der Waals surface area contributed by atoms with Gasteiger partial charge in [-0.2, -0.15) is 0 Å². The van der Waals surface area contributed by atoms with E-state index < -0.39 is 104 Å². The van der Waals surface area contributed by atoms with Crippen molar-refractivity contribution in [2.45, 2.75) is 140 Å². The van der Waals surface area contributed by atoms with Crippen molar-refractivity contribution in [2.24, 2.45) is 5.92 Å². The Bertz CT molecular complexity index is 1970. The molecule has 64 heavy (non-hydrogen) atoms. The van der Waals surface area contributed by atoms with Crippen LogP contribution in [-0.2, 0) is 73.9 Å². The van der Waals surface area contributed by atoms with Gasteiger partial charge in [-0.3, -0.25) is 4.79 Å². The van der Waals surface area contributed by atoms with Crippen LogP contribution in [0.2, 0.25) is 0 Å². The molecule has 4 aromatic rings. The van der Waals surface area contributed by atoms with E-state index in [4.69, 9.17) is 42.6 Å². The zero-order chi connectivity index (χ0) is 45.0. The van der Waals surface area contributed by atoms with E-state index in [1.165, 1.54) is 6.92 Å². The lowest BCUT2D eigenvalue weighted by Gasteiger charge is -2.51. The Hall–Kier alpha value is -4.13. The topological polar surface area (TPSA) is 173 Å². The fraction of sp³-hybridized carbons (Fsp3) is 0.500. The molecule has 0 aliphatic carbocycles. The van der Waals surface area contributed by atoms with Gasteiger partial charge in [0, 0.05) is 12.8 Å². The summed E-state index contributed by atoms with van der Waals surface area (Å²) in [6.07, 6.45) is -12.1. The normalized spacial score (nSPS) is 33.1. The van der Waals surface area contributed by atoms with E-state index in [2.05, 4.69) is 5.32 Å². The summed E-state index contributed by atoms with van der Waals surface area (Å²) in [6.45, 7) is 7.74. The van der Waals surface area contributed by atoms with E-state index in [9.17, 15) is 20.1 Å². The summed E-state index contributed by atoms with van der Waals surface area (Å²) in [4.78, 5) is 12.4. The van der Waals surface area contributed by atoms with Crippen LogP contribution in [-0.4, -0.2) is 120 Å². The molecule has 3 aliphatic rings. The van der Waals surface area contributed by atoms with Crippen LogP contribution in [0.3, 0.4) is 0 Å². The van der Waals surface area contributed by atoms with Gasteiger partial charge in [0.1, 0.15) is 54.9 Å². The van der Waals surface area contributed by atoms with E-state index in [0.29, 0.717) is 19.8 Å². The van der Waals surface area contributed by atoms with Gasteiger partial charge >= 0.3 is 0 Å². The molecule has 0 saturated carbocycles. The van der Waals surface area contributed by atoms with E-state index in [1.807, 2.05) is 142 Å². The largest absolute Gasteiger partial charge is 0.394 e. The zero-order valence-electron chi connectivity index (χ0n) is 36.9. The highest BCUT2D eigenvalue weighted by Gasteiger charge is 2.54. The molecule has 7 rings (SSSR count). The first kappa shape index (κ1) is 47.8. The lowest BCUT2D eigenvalue weighted by molar-refractivity contribution is -0.362. The van der Waals surface area contributed by atoms with Crippen molar-refractivity contribution in [3.05, 3.63) is 144 Å². The SMILES string of the molecule is CC(=O)NC1[C@H](OC2[C@H](C)OC(C)[C@H](OCc3ccccc3)[C@@H]2O[C@H]2O[C@@H](COCc3ccccc3)[C@@H](OCc3ccccc3)C(OCc3ccccc3)C2C)OC(CO)[C@@H](O)[C@@H]1O. The maximum atomic E-state index is 12.4. The van der Waals surface area contributed by atoms with Crippen molar-refractivity contribution in [3.63, 3.8) is 0 Å². The first-order valence-corrected chi connectivity index (χ1v) is 22.2. The van der Waals surface area contributed by atoms with Crippen molar-refractivity contribution < 1.29 is 62.7 Å². The van der Waals surface area contributed by atoms with Crippen LogP contribution >= 0.6 is 0 Å². The maximum absolute atomic E-state index is 12.4. The third-order valence-corrected chi connectivity index (χ3v) is 12.0. The number of hydrogen-bond acceptors (Lipinski definition) is 13. The number of hydrogen-bond donors (Lipinski definition) is 4. The van der Waals surface area contributed by atoms with Gasteiger partial charge in [-0.05, 0) is 36.1 Å². The minimum absolute atomic E-state index is 0.150.